The number of ether oxygens (including phenoxy) is 1. The first-order valence-corrected chi connectivity index (χ1v) is 4.97. The molecule has 0 N–H and O–H groups in total. The van der Waals surface area contributed by atoms with Crippen molar-refractivity contribution in [2.75, 3.05) is 13.7 Å². The number of unbranched alkanes of at least 4 members (excludes halogenated alkanes) is 2. The molecule has 0 radical (unpaired) electrons. The highest BCUT2D eigenvalue weighted by molar-refractivity contribution is 5.72. The van der Waals surface area contributed by atoms with E-state index in [0.717, 1.165) is 44.4 Å². The number of carbonyl (C=O) groups excluding carboxylic acids is 1. The zero-order chi connectivity index (χ0) is 10.2. The molecule has 0 fully saturated rings. The summed E-state index contributed by atoms with van der Waals surface area (Å²) in [5.41, 5.74) is 0.761. The van der Waals surface area contributed by atoms with Crippen LogP contribution in [0, 0.1) is 0 Å². The van der Waals surface area contributed by atoms with Crippen LogP contribution in [-0.2, 0) is 11.3 Å². The summed E-state index contributed by atoms with van der Waals surface area (Å²) < 4.78 is 6.95. The van der Waals surface area contributed by atoms with E-state index in [9.17, 15) is 4.79 Å². The number of hydrogen-bond donors (Lipinski definition) is 0. The van der Waals surface area contributed by atoms with Gasteiger partial charge >= 0.3 is 0 Å². The zero-order valence-electron chi connectivity index (χ0n) is 8.61. The van der Waals surface area contributed by atoms with Gasteiger partial charge in [0, 0.05) is 26.5 Å². The van der Waals surface area contributed by atoms with Gasteiger partial charge in [-0.05, 0) is 31.4 Å². The normalized spacial score (nSPS) is 10.4. The van der Waals surface area contributed by atoms with E-state index >= 15 is 0 Å². The maximum atomic E-state index is 10.6. The fraction of sp³-hybridized carbons (Fsp3) is 0.545. The van der Waals surface area contributed by atoms with Crippen LogP contribution in [0.25, 0.3) is 0 Å². The molecule has 3 heteroatoms. The minimum Gasteiger partial charge on any atom is -0.385 e. The molecule has 0 amide bonds. The number of hydrogen-bond acceptors (Lipinski definition) is 2. The summed E-state index contributed by atoms with van der Waals surface area (Å²) >= 11 is 0. The molecular weight excluding hydrogens is 178 g/mol. The average molecular weight is 195 g/mol. The van der Waals surface area contributed by atoms with Crippen molar-refractivity contribution in [2.45, 2.75) is 25.8 Å². The molecule has 0 aliphatic heterocycles. The van der Waals surface area contributed by atoms with Crippen LogP contribution < -0.4 is 0 Å². The number of rotatable bonds is 7. The van der Waals surface area contributed by atoms with E-state index in [1.165, 1.54) is 0 Å². The Morgan fingerprint density at radius 2 is 2.29 bits per heavy atom. The number of aldehydes is 1. The molecule has 0 unspecified atom stereocenters. The van der Waals surface area contributed by atoms with E-state index in [1.807, 2.05) is 22.9 Å². The quantitative estimate of drug-likeness (QED) is 0.493. The van der Waals surface area contributed by atoms with Crippen molar-refractivity contribution >= 4 is 6.29 Å². The van der Waals surface area contributed by atoms with Crippen LogP contribution in [0.3, 0.4) is 0 Å². The number of aryl methyl sites for hydroxylation is 1. The molecule has 1 aromatic heterocycles. The van der Waals surface area contributed by atoms with Gasteiger partial charge < -0.3 is 9.30 Å². The Hall–Kier alpha value is -1.09. The van der Waals surface area contributed by atoms with E-state index in [1.54, 1.807) is 7.11 Å². The van der Waals surface area contributed by atoms with Gasteiger partial charge in [-0.15, -0.1) is 0 Å². The highest BCUT2D eigenvalue weighted by Gasteiger charge is 1.97. The summed E-state index contributed by atoms with van der Waals surface area (Å²) in [5, 5.41) is 0. The molecule has 3 nitrogen and oxygen atoms in total. The van der Waals surface area contributed by atoms with Crippen molar-refractivity contribution in [3.05, 3.63) is 24.0 Å². The van der Waals surface area contributed by atoms with Gasteiger partial charge in [-0.3, -0.25) is 4.79 Å². The Bertz CT molecular complexity index is 268. The van der Waals surface area contributed by atoms with Crippen molar-refractivity contribution in [3.8, 4) is 0 Å². The first-order chi connectivity index (χ1) is 6.88. The van der Waals surface area contributed by atoms with Gasteiger partial charge in [0.15, 0.2) is 6.29 Å². The van der Waals surface area contributed by atoms with Crippen molar-refractivity contribution < 1.29 is 9.53 Å². The Morgan fingerprint density at radius 3 is 3.00 bits per heavy atom. The van der Waals surface area contributed by atoms with E-state index in [-0.39, 0.29) is 0 Å². The Balaban J connectivity index is 2.21. The zero-order valence-corrected chi connectivity index (χ0v) is 8.61. The van der Waals surface area contributed by atoms with E-state index < -0.39 is 0 Å². The fourth-order valence-corrected chi connectivity index (χ4v) is 1.44. The third kappa shape index (κ3) is 3.34. The van der Waals surface area contributed by atoms with Crippen LogP contribution in [0.5, 0.6) is 0 Å². The highest BCUT2D eigenvalue weighted by atomic mass is 16.5. The standard InChI is InChI=1S/C11H17NO2/c1-14-9-4-2-3-7-12-8-5-6-11(12)10-13/h5-6,8,10H,2-4,7,9H2,1H3. The predicted octanol–water partition coefficient (Wildman–Crippen LogP) is 2.12. The minimum atomic E-state index is 0.761. The summed E-state index contributed by atoms with van der Waals surface area (Å²) in [4.78, 5) is 10.6. The predicted molar refractivity (Wildman–Crippen MR) is 55.5 cm³/mol. The van der Waals surface area contributed by atoms with E-state index in [4.69, 9.17) is 4.74 Å². The summed E-state index contributed by atoms with van der Waals surface area (Å²) in [5.74, 6) is 0. The summed E-state index contributed by atoms with van der Waals surface area (Å²) in [6.07, 6.45) is 6.17. The van der Waals surface area contributed by atoms with E-state index in [2.05, 4.69) is 0 Å². The molecule has 1 heterocycles. The minimum absolute atomic E-state index is 0.761. The Morgan fingerprint density at radius 1 is 1.43 bits per heavy atom. The van der Waals surface area contributed by atoms with Gasteiger partial charge in [0.1, 0.15) is 0 Å². The molecule has 0 saturated heterocycles. The molecular formula is C11H17NO2. The third-order valence-corrected chi connectivity index (χ3v) is 2.23. The van der Waals surface area contributed by atoms with Crippen molar-refractivity contribution in [3.63, 3.8) is 0 Å². The fourth-order valence-electron chi connectivity index (χ4n) is 1.44. The monoisotopic (exact) mass is 195 g/mol. The first-order valence-electron chi connectivity index (χ1n) is 4.97. The second-order valence-corrected chi connectivity index (χ2v) is 3.30. The summed E-state index contributed by atoms with van der Waals surface area (Å²) in [7, 11) is 1.72. The van der Waals surface area contributed by atoms with Crippen LogP contribution in [0.1, 0.15) is 29.8 Å². The molecule has 0 atom stereocenters. The lowest BCUT2D eigenvalue weighted by Crippen LogP contribution is -2.01. The second kappa shape index (κ2) is 6.38. The lowest BCUT2D eigenvalue weighted by atomic mass is 10.2. The van der Waals surface area contributed by atoms with Gasteiger partial charge in [0.05, 0.1) is 5.69 Å². The van der Waals surface area contributed by atoms with Crippen LogP contribution >= 0.6 is 0 Å². The molecule has 0 saturated carbocycles. The summed E-state index contributed by atoms with van der Waals surface area (Å²) in [6, 6.07) is 3.74. The lowest BCUT2D eigenvalue weighted by molar-refractivity contribution is 0.111. The number of carbonyl (C=O) groups is 1. The molecule has 0 aliphatic carbocycles. The molecule has 0 aliphatic rings. The largest absolute Gasteiger partial charge is 0.385 e. The van der Waals surface area contributed by atoms with Gasteiger partial charge in [-0.1, -0.05) is 0 Å². The maximum Gasteiger partial charge on any atom is 0.166 e. The SMILES string of the molecule is COCCCCCn1cccc1C=O. The molecule has 14 heavy (non-hydrogen) atoms. The van der Waals surface area contributed by atoms with Crippen LogP contribution in [0.4, 0.5) is 0 Å². The molecule has 0 bridgehead atoms. The van der Waals surface area contributed by atoms with Gasteiger partial charge in [0.25, 0.3) is 0 Å². The lowest BCUT2D eigenvalue weighted by Gasteiger charge is -2.04. The molecule has 1 rings (SSSR count). The molecule has 1 aromatic rings. The van der Waals surface area contributed by atoms with Crippen LogP contribution in [0.2, 0.25) is 0 Å². The highest BCUT2D eigenvalue weighted by Crippen LogP contribution is 2.03. The van der Waals surface area contributed by atoms with Crippen molar-refractivity contribution in [1.29, 1.82) is 0 Å². The molecule has 0 aromatic carbocycles. The average Bonchev–Trinajstić information content (AvgIpc) is 2.65. The second-order valence-electron chi connectivity index (χ2n) is 3.30. The number of aromatic nitrogens is 1. The first kappa shape index (κ1) is 11.0. The van der Waals surface area contributed by atoms with Gasteiger partial charge in [-0.25, -0.2) is 0 Å². The summed E-state index contributed by atoms with van der Waals surface area (Å²) in [6.45, 7) is 1.75. The topological polar surface area (TPSA) is 31.2 Å². The number of methoxy groups -OCH3 is 1. The Labute approximate surface area is 84.7 Å². The maximum absolute atomic E-state index is 10.6. The number of nitrogens with zero attached hydrogens (tertiary/aromatic N) is 1. The van der Waals surface area contributed by atoms with Crippen LogP contribution in [0.15, 0.2) is 18.3 Å². The molecule has 78 valence electrons. The van der Waals surface area contributed by atoms with Crippen molar-refractivity contribution in [1.82, 2.24) is 4.57 Å². The van der Waals surface area contributed by atoms with Crippen molar-refractivity contribution in [2.24, 2.45) is 0 Å². The third-order valence-electron chi connectivity index (χ3n) is 2.23. The Kier molecular flexibility index (Phi) is 5.00. The van der Waals surface area contributed by atoms with E-state index in [0.29, 0.717) is 0 Å². The van der Waals surface area contributed by atoms with Gasteiger partial charge in [0.2, 0.25) is 0 Å². The smallest absolute Gasteiger partial charge is 0.166 e. The molecule has 0 spiro atoms. The van der Waals surface area contributed by atoms with Crippen LogP contribution in [-0.4, -0.2) is 24.6 Å². The van der Waals surface area contributed by atoms with Gasteiger partial charge in [-0.2, -0.15) is 0 Å².